The van der Waals surface area contributed by atoms with Gasteiger partial charge in [0.1, 0.15) is 6.10 Å². The molecular weight excluding hydrogens is 386 g/mol. The summed E-state index contributed by atoms with van der Waals surface area (Å²) in [6, 6.07) is 13.6. The van der Waals surface area contributed by atoms with Crippen molar-refractivity contribution in [2.45, 2.75) is 12.6 Å². The predicted octanol–water partition coefficient (Wildman–Crippen LogP) is 3.34. The smallest absolute Gasteiger partial charge is 0.257 e. The van der Waals surface area contributed by atoms with Gasteiger partial charge in [0.2, 0.25) is 11.6 Å². The standard InChI is InChI=1S/C22H25N3O5/c1-26-17-10-9-16(19(27-2)20(17)28-3)13-25-11-12-29-18(14-25)22-23-21(24-30-22)15-7-5-4-6-8-15/h4-10,18H,11-14H2,1-3H3. The van der Waals surface area contributed by atoms with E-state index in [1.54, 1.807) is 21.3 Å². The molecule has 30 heavy (non-hydrogen) atoms. The molecule has 0 aliphatic carbocycles. The fraction of sp³-hybridized carbons (Fsp3) is 0.364. The number of ether oxygens (including phenoxy) is 4. The van der Waals surface area contributed by atoms with Crippen LogP contribution in [-0.2, 0) is 11.3 Å². The monoisotopic (exact) mass is 411 g/mol. The van der Waals surface area contributed by atoms with Gasteiger partial charge in [-0.2, -0.15) is 4.98 Å². The van der Waals surface area contributed by atoms with Gasteiger partial charge in [0.15, 0.2) is 11.5 Å². The van der Waals surface area contributed by atoms with Crippen LogP contribution in [0, 0.1) is 0 Å². The number of hydrogen-bond donors (Lipinski definition) is 0. The molecule has 4 rings (SSSR count). The number of hydrogen-bond acceptors (Lipinski definition) is 8. The second-order valence-corrected chi connectivity index (χ2v) is 6.91. The largest absolute Gasteiger partial charge is 0.493 e. The highest BCUT2D eigenvalue weighted by atomic mass is 16.5. The Morgan fingerprint density at radius 1 is 1.00 bits per heavy atom. The Morgan fingerprint density at radius 3 is 2.53 bits per heavy atom. The van der Waals surface area contributed by atoms with Crippen LogP contribution in [-0.4, -0.2) is 56.1 Å². The third-order valence-electron chi connectivity index (χ3n) is 5.08. The first-order valence-electron chi connectivity index (χ1n) is 9.74. The first-order chi connectivity index (χ1) is 14.7. The zero-order valence-corrected chi connectivity index (χ0v) is 17.3. The van der Waals surface area contributed by atoms with Crippen molar-refractivity contribution in [3.8, 4) is 28.6 Å². The van der Waals surface area contributed by atoms with Gasteiger partial charge < -0.3 is 23.5 Å². The van der Waals surface area contributed by atoms with E-state index in [9.17, 15) is 0 Å². The Hall–Kier alpha value is -3.10. The molecule has 2 heterocycles. The van der Waals surface area contributed by atoms with Gasteiger partial charge in [-0.25, -0.2) is 0 Å². The summed E-state index contributed by atoms with van der Waals surface area (Å²) in [5.74, 6) is 2.94. The molecule has 1 aromatic heterocycles. The summed E-state index contributed by atoms with van der Waals surface area (Å²) < 4.78 is 27.9. The molecule has 0 spiro atoms. The van der Waals surface area contributed by atoms with E-state index in [1.165, 1.54) is 0 Å². The van der Waals surface area contributed by atoms with Crippen molar-refractivity contribution in [1.82, 2.24) is 15.0 Å². The average molecular weight is 411 g/mol. The molecule has 1 aliphatic rings. The van der Waals surface area contributed by atoms with Crippen LogP contribution >= 0.6 is 0 Å². The lowest BCUT2D eigenvalue weighted by molar-refractivity contribution is -0.0476. The fourth-order valence-electron chi connectivity index (χ4n) is 3.59. The third-order valence-corrected chi connectivity index (χ3v) is 5.08. The molecule has 0 saturated carbocycles. The van der Waals surface area contributed by atoms with Gasteiger partial charge in [0.25, 0.3) is 5.89 Å². The van der Waals surface area contributed by atoms with E-state index in [2.05, 4.69) is 15.0 Å². The molecular formula is C22H25N3O5. The van der Waals surface area contributed by atoms with Crippen molar-refractivity contribution in [3.05, 3.63) is 53.9 Å². The van der Waals surface area contributed by atoms with Crippen LogP contribution in [0.3, 0.4) is 0 Å². The molecule has 0 amide bonds. The number of rotatable bonds is 7. The van der Waals surface area contributed by atoms with Crippen LogP contribution in [0.4, 0.5) is 0 Å². The molecule has 2 aromatic carbocycles. The molecule has 1 fully saturated rings. The van der Waals surface area contributed by atoms with Crippen molar-refractivity contribution in [3.63, 3.8) is 0 Å². The van der Waals surface area contributed by atoms with Crippen LogP contribution in [0.5, 0.6) is 17.2 Å². The van der Waals surface area contributed by atoms with E-state index < -0.39 is 0 Å². The maximum Gasteiger partial charge on any atom is 0.257 e. The summed E-state index contributed by atoms with van der Waals surface area (Å²) in [4.78, 5) is 6.81. The second kappa shape index (κ2) is 9.15. The SMILES string of the molecule is COc1ccc(CN2CCOC(c3nc(-c4ccccc4)no3)C2)c(OC)c1OC. The Balaban J connectivity index is 1.50. The molecule has 8 heteroatoms. The maximum atomic E-state index is 5.91. The minimum absolute atomic E-state index is 0.283. The molecule has 1 atom stereocenters. The molecule has 0 N–H and O–H groups in total. The maximum absolute atomic E-state index is 5.91. The van der Waals surface area contributed by atoms with Gasteiger partial charge in [0, 0.05) is 30.8 Å². The minimum Gasteiger partial charge on any atom is -0.493 e. The van der Waals surface area contributed by atoms with Crippen molar-refractivity contribution in [2.75, 3.05) is 41.0 Å². The summed E-state index contributed by atoms with van der Waals surface area (Å²) in [7, 11) is 4.85. The molecule has 8 nitrogen and oxygen atoms in total. The number of nitrogens with zero attached hydrogens (tertiary/aromatic N) is 3. The van der Waals surface area contributed by atoms with Crippen molar-refractivity contribution in [1.29, 1.82) is 0 Å². The minimum atomic E-state index is -0.283. The number of benzene rings is 2. The number of morpholine rings is 1. The highest BCUT2D eigenvalue weighted by Gasteiger charge is 2.28. The fourth-order valence-corrected chi connectivity index (χ4v) is 3.59. The molecule has 1 unspecified atom stereocenters. The van der Waals surface area contributed by atoms with E-state index in [-0.39, 0.29) is 6.10 Å². The van der Waals surface area contributed by atoms with Gasteiger partial charge in [-0.3, -0.25) is 4.90 Å². The average Bonchev–Trinajstić information content (AvgIpc) is 3.30. The van der Waals surface area contributed by atoms with E-state index in [4.69, 9.17) is 23.5 Å². The van der Waals surface area contributed by atoms with Crippen LogP contribution in [0.25, 0.3) is 11.4 Å². The highest BCUT2D eigenvalue weighted by molar-refractivity contribution is 5.56. The van der Waals surface area contributed by atoms with Crippen LogP contribution < -0.4 is 14.2 Å². The van der Waals surface area contributed by atoms with Crippen molar-refractivity contribution < 1.29 is 23.5 Å². The van der Waals surface area contributed by atoms with Gasteiger partial charge in [-0.15, -0.1) is 0 Å². The Morgan fingerprint density at radius 2 is 1.80 bits per heavy atom. The van der Waals surface area contributed by atoms with Gasteiger partial charge in [-0.1, -0.05) is 41.6 Å². The summed E-state index contributed by atoms with van der Waals surface area (Å²) in [5, 5.41) is 4.10. The van der Waals surface area contributed by atoms with E-state index in [0.29, 0.717) is 48.7 Å². The molecule has 3 aromatic rings. The molecule has 0 radical (unpaired) electrons. The zero-order valence-electron chi connectivity index (χ0n) is 17.3. The van der Waals surface area contributed by atoms with Gasteiger partial charge in [-0.05, 0) is 6.07 Å². The Kier molecular flexibility index (Phi) is 6.15. The Bertz CT molecular complexity index is 976. The van der Waals surface area contributed by atoms with E-state index in [0.717, 1.165) is 17.7 Å². The van der Waals surface area contributed by atoms with E-state index >= 15 is 0 Å². The predicted molar refractivity (Wildman–Crippen MR) is 110 cm³/mol. The van der Waals surface area contributed by atoms with Crippen LogP contribution in [0.15, 0.2) is 47.0 Å². The molecule has 1 aliphatic heterocycles. The van der Waals surface area contributed by atoms with Crippen LogP contribution in [0.2, 0.25) is 0 Å². The van der Waals surface area contributed by atoms with Crippen LogP contribution in [0.1, 0.15) is 17.6 Å². The number of aromatic nitrogens is 2. The molecule has 1 saturated heterocycles. The summed E-state index contributed by atoms with van der Waals surface area (Å²) in [6.07, 6.45) is -0.283. The van der Waals surface area contributed by atoms with E-state index in [1.807, 2.05) is 42.5 Å². The summed E-state index contributed by atoms with van der Waals surface area (Å²) in [6.45, 7) is 2.66. The second-order valence-electron chi connectivity index (χ2n) is 6.91. The third kappa shape index (κ3) is 4.10. The lowest BCUT2D eigenvalue weighted by Crippen LogP contribution is -2.38. The highest BCUT2D eigenvalue weighted by Crippen LogP contribution is 2.40. The zero-order chi connectivity index (χ0) is 20.9. The quantitative estimate of drug-likeness (QED) is 0.586. The van der Waals surface area contributed by atoms with Gasteiger partial charge in [0.05, 0.1) is 27.9 Å². The molecule has 158 valence electrons. The normalized spacial score (nSPS) is 17.0. The van der Waals surface area contributed by atoms with Gasteiger partial charge >= 0.3 is 0 Å². The van der Waals surface area contributed by atoms with Crippen molar-refractivity contribution >= 4 is 0 Å². The van der Waals surface area contributed by atoms with Crippen molar-refractivity contribution in [2.24, 2.45) is 0 Å². The Labute approximate surface area is 175 Å². The first-order valence-corrected chi connectivity index (χ1v) is 9.74. The summed E-state index contributed by atoms with van der Waals surface area (Å²) in [5.41, 5.74) is 1.92. The first kappa shape index (κ1) is 20.2. The molecule has 0 bridgehead atoms. The lowest BCUT2D eigenvalue weighted by Gasteiger charge is -2.31. The summed E-state index contributed by atoms with van der Waals surface area (Å²) >= 11 is 0. The topological polar surface area (TPSA) is 79.1 Å². The number of methoxy groups -OCH3 is 3. The lowest BCUT2D eigenvalue weighted by atomic mass is 10.1.